The van der Waals surface area contributed by atoms with Crippen LogP contribution in [0.2, 0.25) is 0 Å². The first-order valence-corrected chi connectivity index (χ1v) is 16.1. The number of carbonyl (C=O) groups excluding carboxylic acids is 2. The maximum atomic E-state index is 12.5. The molecule has 2 aliphatic heterocycles. The number of rotatable bonds is 21. The topological polar surface area (TPSA) is 231 Å². The predicted molar refractivity (Wildman–Crippen MR) is 155 cm³/mol. The fraction of sp³-hybridized carbons (Fsp3) is 0.933. The summed E-state index contributed by atoms with van der Waals surface area (Å²) in [5.41, 5.74) is 0. The second-order valence-electron chi connectivity index (χ2n) is 11.6. The quantitative estimate of drug-likeness (QED) is 0.0606. The van der Waals surface area contributed by atoms with Crippen LogP contribution >= 0.6 is 0 Å². The standard InChI is InChI=1S/C30H54O15/c1-3-5-7-9-11-13-22(33)43-18(15-40-21(32)12-10-8-6-4-2)16-41-29-28(39)26(37)24(35)20(45-29)17-42-30-27(38)25(36)23(34)19(14-31)44-30/h18-20,23-31,34-39H,3-17H2,1-2H3. The van der Waals surface area contributed by atoms with E-state index in [1.165, 1.54) is 0 Å². The van der Waals surface area contributed by atoms with Gasteiger partial charge in [-0.1, -0.05) is 58.8 Å². The lowest BCUT2D eigenvalue weighted by Crippen LogP contribution is -2.61. The van der Waals surface area contributed by atoms with Crippen LogP contribution in [-0.4, -0.2) is 142 Å². The maximum absolute atomic E-state index is 12.5. The van der Waals surface area contributed by atoms with Crippen LogP contribution in [0.1, 0.15) is 84.5 Å². The zero-order valence-corrected chi connectivity index (χ0v) is 26.4. The number of esters is 2. The van der Waals surface area contributed by atoms with E-state index in [0.29, 0.717) is 12.8 Å². The first-order valence-electron chi connectivity index (χ1n) is 16.1. The Labute approximate surface area is 264 Å². The lowest BCUT2D eigenvalue weighted by molar-refractivity contribution is -0.332. The van der Waals surface area contributed by atoms with Gasteiger partial charge in [0.15, 0.2) is 18.7 Å². The molecule has 2 rings (SSSR count). The van der Waals surface area contributed by atoms with Crippen molar-refractivity contribution in [2.75, 3.05) is 26.4 Å². The molecule has 0 radical (unpaired) electrons. The molecule has 7 N–H and O–H groups in total. The van der Waals surface area contributed by atoms with Crippen LogP contribution in [-0.2, 0) is 38.0 Å². The van der Waals surface area contributed by atoms with E-state index < -0.39 is 92.7 Å². The normalized spacial score (nSPS) is 32.6. The number of hydrogen-bond acceptors (Lipinski definition) is 15. The van der Waals surface area contributed by atoms with Crippen LogP contribution in [0.25, 0.3) is 0 Å². The number of ether oxygens (including phenoxy) is 6. The summed E-state index contributed by atoms with van der Waals surface area (Å²) < 4.78 is 32.8. The van der Waals surface area contributed by atoms with Crippen molar-refractivity contribution in [1.29, 1.82) is 0 Å². The largest absolute Gasteiger partial charge is 0.462 e. The van der Waals surface area contributed by atoms with Crippen molar-refractivity contribution in [2.45, 2.75) is 152 Å². The fourth-order valence-corrected chi connectivity index (χ4v) is 4.98. The van der Waals surface area contributed by atoms with Crippen molar-refractivity contribution in [3.63, 3.8) is 0 Å². The van der Waals surface area contributed by atoms with Crippen LogP contribution in [0.15, 0.2) is 0 Å². The summed E-state index contributed by atoms with van der Waals surface area (Å²) in [6, 6.07) is 0. The Morgan fingerprint density at radius 1 is 0.622 bits per heavy atom. The summed E-state index contributed by atoms with van der Waals surface area (Å²) >= 11 is 0. The first kappa shape index (κ1) is 39.7. The van der Waals surface area contributed by atoms with Gasteiger partial charge >= 0.3 is 11.9 Å². The van der Waals surface area contributed by atoms with Gasteiger partial charge in [-0.2, -0.15) is 0 Å². The molecule has 0 aromatic rings. The average Bonchev–Trinajstić information content (AvgIpc) is 3.03. The Bertz CT molecular complexity index is 829. The molecule has 0 amide bonds. The van der Waals surface area contributed by atoms with Gasteiger partial charge in [-0.15, -0.1) is 0 Å². The Balaban J connectivity index is 1.97. The molecule has 0 bridgehead atoms. The minimum atomic E-state index is -1.75. The van der Waals surface area contributed by atoms with Crippen molar-refractivity contribution in [3.8, 4) is 0 Å². The maximum Gasteiger partial charge on any atom is 0.306 e. The highest BCUT2D eigenvalue weighted by atomic mass is 16.7. The molecular weight excluding hydrogens is 600 g/mol. The van der Waals surface area contributed by atoms with Crippen molar-refractivity contribution >= 4 is 11.9 Å². The number of aliphatic hydroxyl groups excluding tert-OH is 7. The fourth-order valence-electron chi connectivity index (χ4n) is 4.98. The summed E-state index contributed by atoms with van der Waals surface area (Å²) in [5.74, 6) is -0.963. The van der Waals surface area contributed by atoms with E-state index >= 15 is 0 Å². The van der Waals surface area contributed by atoms with Gasteiger partial charge in [-0.25, -0.2) is 0 Å². The summed E-state index contributed by atoms with van der Waals surface area (Å²) in [7, 11) is 0. The number of hydrogen-bond donors (Lipinski definition) is 7. The zero-order chi connectivity index (χ0) is 33.4. The smallest absolute Gasteiger partial charge is 0.306 e. The minimum Gasteiger partial charge on any atom is -0.462 e. The third-order valence-corrected chi connectivity index (χ3v) is 7.84. The molecule has 264 valence electrons. The van der Waals surface area contributed by atoms with Gasteiger partial charge in [0.25, 0.3) is 0 Å². The molecule has 15 heteroatoms. The van der Waals surface area contributed by atoms with E-state index in [9.17, 15) is 45.3 Å². The summed E-state index contributed by atoms with van der Waals surface area (Å²) in [4.78, 5) is 24.8. The van der Waals surface area contributed by atoms with Crippen molar-refractivity contribution < 1.29 is 73.8 Å². The Morgan fingerprint density at radius 3 is 1.73 bits per heavy atom. The van der Waals surface area contributed by atoms with Crippen LogP contribution < -0.4 is 0 Å². The number of aliphatic hydroxyl groups is 7. The molecule has 2 heterocycles. The van der Waals surface area contributed by atoms with E-state index in [1.54, 1.807) is 0 Å². The molecular formula is C30H54O15. The SMILES string of the molecule is CCCCCCCC(=O)OC(COC(=O)CCCCCC)COC1OC(COC2OC(CO)C(O)C(O)C2O)C(O)C(O)C1O. The molecule has 11 unspecified atom stereocenters. The Morgan fingerprint density at radius 2 is 1.13 bits per heavy atom. The molecule has 0 aromatic carbocycles. The molecule has 2 aliphatic rings. The molecule has 45 heavy (non-hydrogen) atoms. The Hall–Kier alpha value is -1.50. The summed E-state index contributed by atoms with van der Waals surface area (Å²) in [6.07, 6.45) is -8.22. The molecule has 2 saturated heterocycles. The monoisotopic (exact) mass is 654 g/mol. The van der Waals surface area contributed by atoms with Crippen LogP contribution in [0, 0.1) is 0 Å². The van der Waals surface area contributed by atoms with Crippen molar-refractivity contribution in [3.05, 3.63) is 0 Å². The van der Waals surface area contributed by atoms with Gasteiger partial charge in [0, 0.05) is 12.8 Å². The molecule has 15 nitrogen and oxygen atoms in total. The van der Waals surface area contributed by atoms with Crippen molar-refractivity contribution in [1.82, 2.24) is 0 Å². The summed E-state index contributed by atoms with van der Waals surface area (Å²) in [5, 5.41) is 70.9. The summed E-state index contributed by atoms with van der Waals surface area (Å²) in [6.45, 7) is 2.27. The Kier molecular flexibility index (Phi) is 18.9. The third-order valence-electron chi connectivity index (χ3n) is 7.84. The van der Waals surface area contributed by atoms with E-state index in [1.807, 2.05) is 0 Å². The highest BCUT2D eigenvalue weighted by Crippen LogP contribution is 2.26. The van der Waals surface area contributed by atoms with Crippen LogP contribution in [0.5, 0.6) is 0 Å². The highest BCUT2D eigenvalue weighted by molar-refractivity contribution is 5.70. The van der Waals surface area contributed by atoms with Gasteiger partial charge in [0.2, 0.25) is 0 Å². The molecule has 0 aliphatic carbocycles. The van der Waals surface area contributed by atoms with E-state index in [4.69, 9.17) is 28.4 Å². The van der Waals surface area contributed by atoms with Gasteiger partial charge in [-0.3, -0.25) is 9.59 Å². The predicted octanol–water partition coefficient (Wildman–Crippen LogP) is -0.587. The van der Waals surface area contributed by atoms with Gasteiger partial charge in [-0.05, 0) is 12.8 Å². The number of carbonyl (C=O) groups is 2. The lowest BCUT2D eigenvalue weighted by Gasteiger charge is -2.42. The van der Waals surface area contributed by atoms with Gasteiger partial charge < -0.3 is 64.2 Å². The van der Waals surface area contributed by atoms with E-state index in [-0.39, 0.29) is 26.1 Å². The van der Waals surface area contributed by atoms with Crippen molar-refractivity contribution in [2.24, 2.45) is 0 Å². The molecule has 0 spiro atoms. The molecule has 2 fully saturated rings. The zero-order valence-electron chi connectivity index (χ0n) is 26.4. The second kappa shape index (κ2) is 21.4. The first-order chi connectivity index (χ1) is 21.5. The van der Waals surface area contributed by atoms with Gasteiger partial charge in [0.1, 0.15) is 55.4 Å². The van der Waals surface area contributed by atoms with Crippen LogP contribution in [0.3, 0.4) is 0 Å². The highest BCUT2D eigenvalue weighted by Gasteiger charge is 2.47. The lowest BCUT2D eigenvalue weighted by atomic mass is 9.98. The third kappa shape index (κ3) is 13.3. The van der Waals surface area contributed by atoms with Gasteiger partial charge in [0.05, 0.1) is 19.8 Å². The second-order valence-corrected chi connectivity index (χ2v) is 11.6. The van der Waals surface area contributed by atoms with Crippen LogP contribution in [0.4, 0.5) is 0 Å². The van der Waals surface area contributed by atoms with E-state index in [0.717, 1.165) is 44.9 Å². The van der Waals surface area contributed by atoms with E-state index in [2.05, 4.69) is 13.8 Å². The minimum absolute atomic E-state index is 0.163. The average molecular weight is 655 g/mol. The molecule has 11 atom stereocenters. The molecule has 0 aromatic heterocycles. The number of unbranched alkanes of at least 4 members (excludes halogenated alkanes) is 7. The molecule has 0 saturated carbocycles.